The normalized spacial score (nSPS) is 10.6. The summed E-state index contributed by atoms with van der Waals surface area (Å²) in [7, 11) is 1.88. The second-order valence-electron chi connectivity index (χ2n) is 4.44. The molecule has 0 unspecified atom stereocenters. The van der Waals surface area contributed by atoms with Crippen LogP contribution in [0.3, 0.4) is 0 Å². The van der Waals surface area contributed by atoms with Crippen LogP contribution in [-0.4, -0.2) is 19.6 Å². The minimum absolute atomic E-state index is 0.0416. The van der Waals surface area contributed by atoms with Crippen molar-refractivity contribution in [3.05, 3.63) is 46.5 Å². The molecule has 0 spiro atoms. The maximum absolute atomic E-state index is 11.5. The fourth-order valence-corrected chi connectivity index (χ4v) is 2.19. The molecule has 6 heteroatoms. The number of aromatic nitrogens is 3. The van der Waals surface area contributed by atoms with Gasteiger partial charge in [-0.25, -0.2) is 4.98 Å². The molecule has 2 N–H and O–H groups in total. The Morgan fingerprint density at radius 1 is 1.40 bits per heavy atom. The van der Waals surface area contributed by atoms with Gasteiger partial charge in [0.2, 0.25) is 5.88 Å². The van der Waals surface area contributed by atoms with Crippen LogP contribution in [0.15, 0.2) is 35.4 Å². The van der Waals surface area contributed by atoms with Crippen LogP contribution >= 0.6 is 0 Å². The summed E-state index contributed by atoms with van der Waals surface area (Å²) in [6.45, 7) is 0. The predicted molar refractivity (Wildman–Crippen MR) is 73.2 cm³/mol. The summed E-state index contributed by atoms with van der Waals surface area (Å²) < 4.78 is 1.87. The molecule has 0 saturated heterocycles. The van der Waals surface area contributed by atoms with Crippen LogP contribution in [0.2, 0.25) is 0 Å². The van der Waals surface area contributed by atoms with Gasteiger partial charge in [0.15, 0.2) is 0 Å². The van der Waals surface area contributed by atoms with Crippen LogP contribution in [0.5, 0.6) is 5.88 Å². The van der Waals surface area contributed by atoms with Crippen LogP contribution in [0.25, 0.3) is 22.2 Å². The highest BCUT2D eigenvalue weighted by Gasteiger charge is 2.12. The number of nitrogens with zero attached hydrogens (tertiary/aromatic N) is 3. The van der Waals surface area contributed by atoms with Crippen molar-refractivity contribution < 1.29 is 5.11 Å². The summed E-state index contributed by atoms with van der Waals surface area (Å²) in [6, 6.07) is 8.62. The number of aryl methyl sites for hydroxylation is 1. The van der Waals surface area contributed by atoms with E-state index in [1.54, 1.807) is 18.5 Å². The zero-order chi connectivity index (χ0) is 14.3. The third-order valence-corrected chi connectivity index (χ3v) is 3.17. The summed E-state index contributed by atoms with van der Waals surface area (Å²) in [5, 5.41) is 18.8. The van der Waals surface area contributed by atoms with Crippen molar-refractivity contribution in [1.29, 1.82) is 5.26 Å². The van der Waals surface area contributed by atoms with Gasteiger partial charge in [0, 0.05) is 18.7 Å². The number of nitrogens with one attached hydrogen (secondary N) is 1. The monoisotopic (exact) mass is 266 g/mol. The molecule has 2 aromatic heterocycles. The summed E-state index contributed by atoms with van der Waals surface area (Å²) in [4.78, 5) is 17.9. The number of aromatic amines is 1. The summed E-state index contributed by atoms with van der Waals surface area (Å²) in [5.74, 6) is -0.420. The topological polar surface area (TPSA) is 94.7 Å². The molecule has 0 saturated carbocycles. The van der Waals surface area contributed by atoms with E-state index >= 15 is 0 Å². The van der Waals surface area contributed by atoms with Crippen molar-refractivity contribution in [2.24, 2.45) is 7.05 Å². The van der Waals surface area contributed by atoms with Crippen molar-refractivity contribution in [3.63, 3.8) is 0 Å². The Hall–Kier alpha value is -3.07. The number of hydrogen-bond donors (Lipinski definition) is 2. The first-order valence-electron chi connectivity index (χ1n) is 5.88. The highest BCUT2D eigenvalue weighted by molar-refractivity contribution is 5.84. The van der Waals surface area contributed by atoms with E-state index in [0.29, 0.717) is 11.1 Å². The molecule has 1 aromatic carbocycles. The first-order chi connectivity index (χ1) is 9.60. The Morgan fingerprint density at radius 3 is 2.95 bits per heavy atom. The molecular formula is C14H10N4O2. The minimum atomic E-state index is -0.461. The van der Waals surface area contributed by atoms with Crippen LogP contribution < -0.4 is 5.56 Å². The van der Waals surface area contributed by atoms with Crippen molar-refractivity contribution in [2.45, 2.75) is 0 Å². The van der Waals surface area contributed by atoms with Gasteiger partial charge in [-0.1, -0.05) is 6.07 Å². The zero-order valence-corrected chi connectivity index (χ0v) is 10.6. The number of hydrogen-bond acceptors (Lipinski definition) is 4. The van der Waals surface area contributed by atoms with Gasteiger partial charge >= 0.3 is 0 Å². The predicted octanol–water partition coefficient (Wildman–Crippen LogP) is 1.51. The lowest BCUT2D eigenvalue weighted by Crippen LogP contribution is -2.06. The molecule has 0 fully saturated rings. The quantitative estimate of drug-likeness (QED) is 0.697. The standard InChI is InChI=1S/C14H10N4O2/c1-18-7-16-11-4-8(2-3-12(11)18)9-5-13(19)17-14(20)10(9)6-15/h2-5,7H,1H3,(H2,17,19,20). The lowest BCUT2D eigenvalue weighted by molar-refractivity contribution is 0.450. The smallest absolute Gasteiger partial charge is 0.251 e. The van der Waals surface area contributed by atoms with Gasteiger partial charge < -0.3 is 9.67 Å². The first-order valence-corrected chi connectivity index (χ1v) is 5.88. The molecule has 98 valence electrons. The number of aromatic hydroxyl groups is 1. The molecule has 0 aliphatic carbocycles. The lowest BCUT2D eigenvalue weighted by Gasteiger charge is -2.05. The third-order valence-electron chi connectivity index (χ3n) is 3.17. The SMILES string of the molecule is Cn1cnc2cc(-c3cc(=O)[nH]c(O)c3C#N)ccc21. The summed E-state index contributed by atoms with van der Waals surface area (Å²) in [6.07, 6.45) is 1.69. The number of benzene rings is 1. The van der Waals surface area contributed by atoms with Gasteiger partial charge in [-0.15, -0.1) is 0 Å². The molecule has 0 bridgehead atoms. The third kappa shape index (κ3) is 1.73. The maximum Gasteiger partial charge on any atom is 0.251 e. The lowest BCUT2D eigenvalue weighted by atomic mass is 10.0. The minimum Gasteiger partial charge on any atom is -0.494 e. The van der Waals surface area contributed by atoms with E-state index in [0.717, 1.165) is 11.0 Å². The summed E-state index contributed by atoms with van der Waals surface area (Å²) >= 11 is 0. The highest BCUT2D eigenvalue weighted by atomic mass is 16.3. The average molecular weight is 266 g/mol. The van der Waals surface area contributed by atoms with E-state index in [9.17, 15) is 9.90 Å². The molecule has 2 heterocycles. The average Bonchev–Trinajstić information content (AvgIpc) is 2.79. The Balaban J connectivity index is 2.30. The molecule has 0 radical (unpaired) electrons. The molecule has 0 aliphatic rings. The van der Waals surface area contributed by atoms with Gasteiger partial charge in [-0.3, -0.25) is 9.78 Å². The number of pyridine rings is 1. The van der Waals surface area contributed by atoms with Gasteiger partial charge in [-0.05, 0) is 17.7 Å². The van der Waals surface area contributed by atoms with Gasteiger partial charge in [0.1, 0.15) is 11.6 Å². The molecular weight excluding hydrogens is 256 g/mol. The fourth-order valence-electron chi connectivity index (χ4n) is 2.19. The van der Waals surface area contributed by atoms with E-state index in [1.165, 1.54) is 6.07 Å². The van der Waals surface area contributed by atoms with Crippen LogP contribution in [0, 0.1) is 11.3 Å². The molecule has 0 aliphatic heterocycles. The Bertz CT molecular complexity index is 915. The molecule has 20 heavy (non-hydrogen) atoms. The molecule has 0 atom stereocenters. The number of imidazole rings is 1. The first kappa shape index (κ1) is 12.0. The molecule has 6 nitrogen and oxygen atoms in total. The zero-order valence-electron chi connectivity index (χ0n) is 10.6. The van der Waals surface area contributed by atoms with Gasteiger partial charge in [0.05, 0.1) is 17.4 Å². The Labute approximate surface area is 113 Å². The van der Waals surface area contributed by atoms with Crippen LogP contribution in [0.4, 0.5) is 0 Å². The van der Waals surface area contributed by atoms with Gasteiger partial charge in [0.25, 0.3) is 5.56 Å². The fraction of sp³-hybridized carbons (Fsp3) is 0.0714. The highest BCUT2D eigenvalue weighted by Crippen LogP contribution is 2.28. The van der Waals surface area contributed by atoms with E-state index in [1.807, 2.05) is 23.8 Å². The van der Waals surface area contributed by atoms with Crippen LogP contribution in [-0.2, 0) is 7.05 Å². The number of rotatable bonds is 1. The number of H-pyrrole nitrogens is 1. The van der Waals surface area contributed by atoms with E-state index < -0.39 is 11.4 Å². The van der Waals surface area contributed by atoms with Crippen molar-refractivity contribution in [3.8, 4) is 23.1 Å². The largest absolute Gasteiger partial charge is 0.494 e. The van der Waals surface area contributed by atoms with E-state index in [-0.39, 0.29) is 5.56 Å². The number of nitriles is 1. The van der Waals surface area contributed by atoms with Crippen molar-refractivity contribution in [1.82, 2.24) is 14.5 Å². The Morgan fingerprint density at radius 2 is 2.20 bits per heavy atom. The second kappa shape index (κ2) is 4.24. The van der Waals surface area contributed by atoms with Gasteiger partial charge in [-0.2, -0.15) is 5.26 Å². The second-order valence-corrected chi connectivity index (χ2v) is 4.44. The number of fused-ring (bicyclic) bond motifs is 1. The maximum atomic E-state index is 11.5. The molecule has 3 aromatic rings. The van der Waals surface area contributed by atoms with Crippen molar-refractivity contribution in [2.75, 3.05) is 0 Å². The van der Waals surface area contributed by atoms with Crippen molar-refractivity contribution >= 4 is 11.0 Å². The van der Waals surface area contributed by atoms with Crippen LogP contribution in [0.1, 0.15) is 5.56 Å². The molecule has 0 amide bonds. The van der Waals surface area contributed by atoms with E-state index in [2.05, 4.69) is 9.97 Å². The summed E-state index contributed by atoms with van der Waals surface area (Å²) in [5.41, 5.74) is 2.34. The molecule has 3 rings (SSSR count). The Kier molecular flexibility index (Phi) is 2.54. The van der Waals surface area contributed by atoms with E-state index in [4.69, 9.17) is 5.26 Å².